The fraction of sp³-hybridized carbons (Fsp3) is 0.186. The molecule has 3 nitrogen and oxygen atoms in total. The first-order valence-electron chi connectivity index (χ1n) is 23.0. The Balaban J connectivity index is 1.23. The van der Waals surface area contributed by atoms with Crippen LogP contribution < -0.4 is 26.0 Å². The second-order valence-corrected chi connectivity index (χ2v) is 21.6. The number of nitrogens with zero attached hydrogens (tertiary/aromatic N) is 2. The predicted molar refractivity (Wildman–Crippen MR) is 282 cm³/mol. The van der Waals surface area contributed by atoms with Crippen LogP contribution in [0.15, 0.2) is 183 Å². The number of aryl methyl sites for hydroxylation is 3. The molecule has 0 atom stereocenters. The van der Waals surface area contributed by atoms with Gasteiger partial charge in [0.2, 0.25) is 0 Å². The summed E-state index contributed by atoms with van der Waals surface area (Å²) < 4.78 is 0. The molecular formula is C59H54BN3S2. The average molecular weight is 880 g/mol. The molecule has 2 aliphatic heterocycles. The molecule has 8 aromatic rings. The second kappa shape index (κ2) is 16.1. The summed E-state index contributed by atoms with van der Waals surface area (Å²) >= 11 is 3.81. The molecule has 320 valence electrons. The molecule has 11 rings (SSSR count). The van der Waals surface area contributed by atoms with Gasteiger partial charge in [-0.3, -0.25) is 0 Å². The van der Waals surface area contributed by atoms with Gasteiger partial charge in [0, 0.05) is 70.6 Å². The van der Waals surface area contributed by atoms with E-state index in [4.69, 9.17) is 0 Å². The van der Waals surface area contributed by atoms with Gasteiger partial charge in [0.1, 0.15) is 0 Å². The normalized spacial score (nSPS) is 15.1. The molecule has 0 radical (unpaired) electrons. The fourth-order valence-corrected chi connectivity index (χ4v) is 12.7. The van der Waals surface area contributed by atoms with Gasteiger partial charge in [0.15, 0.2) is 7.28 Å². The van der Waals surface area contributed by atoms with Crippen LogP contribution >= 0.6 is 23.5 Å². The van der Waals surface area contributed by atoms with Gasteiger partial charge in [-0.05, 0) is 150 Å². The molecule has 0 spiro atoms. The third kappa shape index (κ3) is 7.36. The molecule has 1 N–H and O–H groups in total. The van der Waals surface area contributed by atoms with Crippen LogP contribution in [0.4, 0.5) is 45.5 Å². The molecule has 0 aromatic heterocycles. The van der Waals surface area contributed by atoms with Gasteiger partial charge in [-0.2, -0.15) is 0 Å². The van der Waals surface area contributed by atoms with Crippen LogP contribution in [0.1, 0.15) is 68.4 Å². The van der Waals surface area contributed by atoms with E-state index in [1.165, 1.54) is 92.9 Å². The zero-order chi connectivity index (χ0) is 44.6. The van der Waals surface area contributed by atoms with Gasteiger partial charge < -0.3 is 15.1 Å². The van der Waals surface area contributed by atoms with E-state index in [1.54, 1.807) is 0 Å². The lowest BCUT2D eigenvalue weighted by Gasteiger charge is -2.44. The predicted octanol–water partition coefficient (Wildman–Crippen LogP) is 15.6. The van der Waals surface area contributed by atoms with Crippen LogP contribution in [0.25, 0.3) is 11.1 Å². The van der Waals surface area contributed by atoms with Crippen LogP contribution in [0.5, 0.6) is 0 Å². The third-order valence-electron chi connectivity index (χ3n) is 14.2. The number of hydrogen-bond donors (Lipinski definition) is 1. The lowest BCUT2D eigenvalue weighted by molar-refractivity contribution is 0.332. The molecule has 8 aromatic carbocycles. The molecule has 0 amide bonds. The summed E-state index contributed by atoms with van der Waals surface area (Å²) in [5.41, 5.74) is 21.2. The zero-order valence-corrected chi connectivity index (χ0v) is 40.1. The minimum atomic E-state index is 0.0446. The Bertz CT molecular complexity index is 3120. The third-order valence-corrected chi connectivity index (χ3v) is 16.7. The Hall–Kier alpha value is -6.08. The minimum Gasteiger partial charge on any atom is -0.355 e. The maximum atomic E-state index is 3.97. The summed E-state index contributed by atoms with van der Waals surface area (Å²) in [6, 6.07) is 61.1. The zero-order valence-electron chi connectivity index (χ0n) is 38.4. The molecule has 2 heterocycles. The molecule has 1 aliphatic carbocycles. The Morgan fingerprint density at radius 1 is 0.492 bits per heavy atom. The first-order chi connectivity index (χ1) is 31.4. The highest BCUT2D eigenvalue weighted by atomic mass is 32.2. The van der Waals surface area contributed by atoms with Crippen molar-refractivity contribution in [1.29, 1.82) is 0 Å². The molecule has 0 bridgehead atoms. The van der Waals surface area contributed by atoms with Crippen LogP contribution in [0.2, 0.25) is 0 Å². The van der Waals surface area contributed by atoms with Gasteiger partial charge in [0.05, 0.1) is 0 Å². The van der Waals surface area contributed by atoms with Crippen molar-refractivity contribution in [1.82, 2.24) is 0 Å². The number of rotatable bonds is 7. The number of hydrogen-bond acceptors (Lipinski definition) is 5. The lowest BCUT2D eigenvalue weighted by Crippen LogP contribution is -2.42. The van der Waals surface area contributed by atoms with Gasteiger partial charge in [-0.1, -0.05) is 154 Å². The first kappa shape index (κ1) is 41.6. The van der Waals surface area contributed by atoms with Crippen molar-refractivity contribution in [2.75, 3.05) is 15.1 Å². The summed E-state index contributed by atoms with van der Waals surface area (Å²) in [7, 11) is 0.799. The number of fused-ring (bicyclic) bond motifs is 5. The Labute approximate surface area is 394 Å². The van der Waals surface area contributed by atoms with E-state index in [-0.39, 0.29) is 10.8 Å². The van der Waals surface area contributed by atoms with Gasteiger partial charge in [-0.15, -0.1) is 0 Å². The van der Waals surface area contributed by atoms with E-state index in [9.17, 15) is 0 Å². The van der Waals surface area contributed by atoms with E-state index in [1.807, 2.05) is 23.5 Å². The molecule has 0 unspecified atom stereocenters. The number of nitrogens with one attached hydrogen (secondary N) is 1. The molecule has 3 aliphatic rings. The molecule has 65 heavy (non-hydrogen) atoms. The van der Waals surface area contributed by atoms with Crippen molar-refractivity contribution < 1.29 is 0 Å². The van der Waals surface area contributed by atoms with Gasteiger partial charge >= 0.3 is 0 Å². The largest absolute Gasteiger partial charge is 0.355 e. The van der Waals surface area contributed by atoms with Gasteiger partial charge in [0.25, 0.3) is 0 Å². The van der Waals surface area contributed by atoms with Crippen LogP contribution in [0, 0.1) is 20.8 Å². The Morgan fingerprint density at radius 2 is 1.08 bits per heavy atom. The van der Waals surface area contributed by atoms with Crippen LogP contribution in [-0.4, -0.2) is 7.28 Å². The summed E-state index contributed by atoms with van der Waals surface area (Å²) in [5, 5.41) is 3.97. The van der Waals surface area contributed by atoms with E-state index in [0.29, 0.717) is 0 Å². The number of benzene rings is 8. The minimum absolute atomic E-state index is 0.0446. The average Bonchev–Trinajstić information content (AvgIpc) is 3.30. The number of anilines is 8. The van der Waals surface area contributed by atoms with Crippen molar-refractivity contribution in [3.05, 3.63) is 192 Å². The van der Waals surface area contributed by atoms with Crippen molar-refractivity contribution in [2.24, 2.45) is 0 Å². The summed E-state index contributed by atoms with van der Waals surface area (Å²) in [6.07, 6.45) is 2.34. The van der Waals surface area contributed by atoms with E-state index in [0.717, 1.165) is 42.1 Å². The maximum absolute atomic E-state index is 3.97. The molecule has 0 saturated carbocycles. The maximum Gasteiger partial charge on any atom is 0.198 e. The van der Waals surface area contributed by atoms with Crippen molar-refractivity contribution >= 4 is 87.2 Å². The Kier molecular flexibility index (Phi) is 10.3. The molecular weight excluding hydrogens is 826 g/mol. The smallest absolute Gasteiger partial charge is 0.198 e. The molecule has 0 saturated heterocycles. The summed E-state index contributed by atoms with van der Waals surface area (Å²) in [6.45, 7) is 16.6. The van der Waals surface area contributed by atoms with E-state index < -0.39 is 0 Å². The van der Waals surface area contributed by atoms with Crippen molar-refractivity contribution in [3.63, 3.8) is 0 Å². The van der Waals surface area contributed by atoms with Crippen LogP contribution in [0.3, 0.4) is 0 Å². The second-order valence-electron chi connectivity index (χ2n) is 19.5. The molecule has 0 fully saturated rings. The Morgan fingerprint density at radius 3 is 1.74 bits per heavy atom. The van der Waals surface area contributed by atoms with Crippen molar-refractivity contribution in [3.8, 4) is 11.1 Å². The SMILES string of the molecule is Cc1ccccc1Nc1c(C)cccc1-c1cc(N(c2ccccc2)c2ccccc2)cc2c1Bc1cc3c(cc1N2c1cc2c(cc1C)C(C)(C)CCC2(C)C)Sc1ccccc1S3. The highest BCUT2D eigenvalue weighted by molar-refractivity contribution is 8.05. The highest BCUT2D eigenvalue weighted by Gasteiger charge is 2.39. The lowest BCUT2D eigenvalue weighted by atomic mass is 9.58. The number of para-hydroxylation sites is 4. The topological polar surface area (TPSA) is 18.5 Å². The summed E-state index contributed by atoms with van der Waals surface area (Å²) in [5.74, 6) is 0. The van der Waals surface area contributed by atoms with Crippen LogP contribution in [-0.2, 0) is 10.8 Å². The first-order valence-corrected chi connectivity index (χ1v) is 24.6. The fourth-order valence-electron chi connectivity index (χ4n) is 10.4. The standard InChI is InChI=1S/C59H54BN3S2/c1-37-19-14-15-26-48(37)61-57-38(2)20-18-25-43(57)44-32-42(62(40-21-10-8-11-22-40)41-23-12-9-13-24-41)33-51-56(44)60-47-35-54-55(65-53-28-17-16-27-52(53)64-54)36-50(47)63(51)49-34-46-45(31-39(49)3)58(4,5)29-30-59(46,6)7/h8-28,31-36,60-61H,29-30H2,1-7H3. The van der Waals surface area contributed by atoms with Gasteiger partial charge in [-0.25, -0.2) is 0 Å². The van der Waals surface area contributed by atoms with E-state index >= 15 is 0 Å². The van der Waals surface area contributed by atoms with E-state index in [2.05, 4.69) is 227 Å². The molecule has 6 heteroatoms. The highest BCUT2D eigenvalue weighted by Crippen LogP contribution is 2.54. The van der Waals surface area contributed by atoms with Crippen molar-refractivity contribution in [2.45, 2.75) is 91.7 Å². The monoisotopic (exact) mass is 879 g/mol. The summed E-state index contributed by atoms with van der Waals surface area (Å²) in [4.78, 5) is 10.4. The quantitative estimate of drug-likeness (QED) is 0.160.